The summed E-state index contributed by atoms with van der Waals surface area (Å²) in [6.07, 6.45) is 7.24. The predicted molar refractivity (Wildman–Crippen MR) is 134 cm³/mol. The fourth-order valence-electron chi connectivity index (χ4n) is 5.13. The number of aromatic nitrogens is 4. The first-order chi connectivity index (χ1) is 16.5. The van der Waals surface area contributed by atoms with E-state index in [1.807, 2.05) is 6.07 Å². The number of amides is 1. The first kappa shape index (κ1) is 23.1. The lowest BCUT2D eigenvalue weighted by atomic mass is 9.93. The van der Waals surface area contributed by atoms with E-state index in [2.05, 4.69) is 44.0 Å². The maximum atomic E-state index is 11.5. The summed E-state index contributed by atoms with van der Waals surface area (Å²) in [5.41, 5.74) is 2.05. The fraction of sp³-hybridized carbons (Fsp3) is 0.440. The molecule has 5 rings (SSSR count). The number of carbonyl (C=O) groups is 1. The van der Waals surface area contributed by atoms with Crippen molar-refractivity contribution in [2.45, 2.75) is 50.5 Å². The van der Waals surface area contributed by atoms with Crippen LogP contribution in [0.1, 0.15) is 55.7 Å². The molecule has 0 radical (unpaired) electrons. The lowest BCUT2D eigenvalue weighted by molar-refractivity contribution is -0.118. The number of nitrogens with zero attached hydrogens (tertiary/aromatic N) is 5. The minimum Gasteiger partial charge on any atom is -0.369 e. The van der Waals surface area contributed by atoms with Crippen LogP contribution in [0.3, 0.4) is 0 Å². The number of hydrogen-bond acceptors (Lipinski definition) is 5. The van der Waals surface area contributed by atoms with E-state index in [1.54, 1.807) is 19.3 Å². The minimum atomic E-state index is -0.0818. The summed E-state index contributed by atoms with van der Waals surface area (Å²) in [4.78, 5) is 17.8. The van der Waals surface area contributed by atoms with E-state index >= 15 is 0 Å². The Morgan fingerprint density at radius 2 is 1.76 bits per heavy atom. The third-order valence-corrected chi connectivity index (χ3v) is 7.55. The SMILES string of the molecule is CC(=O)NCCn1c(C2CCN(c3c(Cl)cncc3Cl)CC2)nnc1C1(c2ccccc2)CC1. The third-order valence-electron chi connectivity index (χ3n) is 7.00. The highest BCUT2D eigenvalue weighted by Gasteiger charge is 2.50. The van der Waals surface area contributed by atoms with Crippen LogP contribution in [0.2, 0.25) is 10.0 Å². The summed E-state index contributed by atoms with van der Waals surface area (Å²) < 4.78 is 2.27. The molecule has 7 nitrogen and oxygen atoms in total. The molecule has 0 atom stereocenters. The van der Waals surface area contributed by atoms with Gasteiger partial charge in [-0.15, -0.1) is 10.2 Å². The van der Waals surface area contributed by atoms with Crippen molar-refractivity contribution < 1.29 is 4.79 Å². The first-order valence-electron chi connectivity index (χ1n) is 11.8. The van der Waals surface area contributed by atoms with Gasteiger partial charge < -0.3 is 14.8 Å². The van der Waals surface area contributed by atoms with Crippen molar-refractivity contribution in [3.8, 4) is 0 Å². The fourth-order valence-corrected chi connectivity index (χ4v) is 5.73. The van der Waals surface area contributed by atoms with E-state index in [0.29, 0.717) is 23.1 Å². The topological polar surface area (TPSA) is 75.9 Å². The zero-order valence-corrected chi connectivity index (χ0v) is 20.7. The zero-order chi connectivity index (χ0) is 23.7. The molecule has 1 amide bonds. The Labute approximate surface area is 209 Å². The van der Waals surface area contributed by atoms with Gasteiger partial charge >= 0.3 is 0 Å². The van der Waals surface area contributed by atoms with Gasteiger partial charge in [-0.1, -0.05) is 53.5 Å². The van der Waals surface area contributed by atoms with E-state index in [4.69, 9.17) is 33.4 Å². The first-order valence-corrected chi connectivity index (χ1v) is 12.5. The highest BCUT2D eigenvalue weighted by Crippen LogP contribution is 2.53. The van der Waals surface area contributed by atoms with E-state index in [1.165, 1.54) is 5.56 Å². The standard InChI is InChI=1S/C25H28Cl2N6O/c1-17(34)29-11-14-33-23(30-31-24(33)25(9-10-25)19-5-3-2-4-6-19)18-7-12-32(13-8-18)22-20(26)15-28-16-21(22)27/h2-6,15-16,18H,7-14H2,1H3,(H,29,34). The molecule has 178 valence electrons. The molecule has 1 aromatic carbocycles. The number of benzene rings is 1. The quantitative estimate of drug-likeness (QED) is 0.515. The molecule has 1 aliphatic carbocycles. The largest absolute Gasteiger partial charge is 0.369 e. The van der Waals surface area contributed by atoms with Crippen LogP contribution in [-0.4, -0.2) is 45.3 Å². The highest BCUT2D eigenvalue weighted by molar-refractivity contribution is 6.38. The van der Waals surface area contributed by atoms with Gasteiger partial charge in [0.1, 0.15) is 11.6 Å². The Balaban J connectivity index is 1.40. The van der Waals surface area contributed by atoms with Gasteiger partial charge in [0.05, 0.1) is 21.1 Å². The molecule has 9 heteroatoms. The molecular weight excluding hydrogens is 471 g/mol. The Bertz CT molecular complexity index is 1150. The second-order valence-electron chi connectivity index (χ2n) is 9.18. The summed E-state index contributed by atoms with van der Waals surface area (Å²) in [5, 5.41) is 13.5. The predicted octanol–water partition coefficient (Wildman–Crippen LogP) is 4.58. The average molecular weight is 499 g/mol. The molecular formula is C25H28Cl2N6O. The summed E-state index contributed by atoms with van der Waals surface area (Å²) >= 11 is 12.8. The van der Waals surface area contributed by atoms with Crippen molar-refractivity contribution in [1.82, 2.24) is 25.1 Å². The summed E-state index contributed by atoms with van der Waals surface area (Å²) in [6.45, 7) is 4.41. The van der Waals surface area contributed by atoms with Crippen molar-refractivity contribution >= 4 is 34.8 Å². The number of hydrogen-bond donors (Lipinski definition) is 1. The molecule has 1 saturated heterocycles. The van der Waals surface area contributed by atoms with Crippen LogP contribution in [-0.2, 0) is 16.8 Å². The second kappa shape index (κ2) is 9.55. The molecule has 0 bridgehead atoms. The molecule has 34 heavy (non-hydrogen) atoms. The van der Waals surface area contributed by atoms with Gasteiger partial charge in [0.15, 0.2) is 0 Å². The van der Waals surface area contributed by atoms with Crippen molar-refractivity contribution in [2.75, 3.05) is 24.5 Å². The minimum absolute atomic E-state index is 0.0280. The Hall–Kier alpha value is -2.64. The van der Waals surface area contributed by atoms with Gasteiger partial charge in [0.25, 0.3) is 0 Å². The summed E-state index contributed by atoms with van der Waals surface area (Å²) in [6, 6.07) is 10.6. The monoisotopic (exact) mass is 498 g/mol. The Kier molecular flexibility index (Phi) is 6.49. The lowest BCUT2D eigenvalue weighted by Gasteiger charge is -2.34. The Morgan fingerprint density at radius 1 is 1.09 bits per heavy atom. The van der Waals surface area contributed by atoms with Crippen LogP contribution in [0.5, 0.6) is 0 Å². The van der Waals surface area contributed by atoms with Crippen LogP contribution < -0.4 is 10.2 Å². The molecule has 3 heterocycles. The number of anilines is 1. The molecule has 2 aromatic heterocycles. The summed E-state index contributed by atoms with van der Waals surface area (Å²) in [7, 11) is 0. The Morgan fingerprint density at radius 3 is 2.38 bits per heavy atom. The van der Waals surface area contributed by atoms with Crippen molar-refractivity contribution in [1.29, 1.82) is 0 Å². The number of nitrogens with one attached hydrogen (secondary N) is 1. The molecule has 1 aliphatic heterocycles. The third kappa shape index (κ3) is 4.39. The molecule has 1 saturated carbocycles. The van der Waals surface area contributed by atoms with E-state index in [9.17, 15) is 4.79 Å². The molecule has 0 unspecified atom stereocenters. The van der Waals surface area contributed by atoms with Gasteiger partial charge in [-0.3, -0.25) is 9.78 Å². The average Bonchev–Trinajstić information content (AvgIpc) is 3.54. The molecule has 1 N–H and O–H groups in total. The normalized spacial score (nSPS) is 17.6. The number of carbonyl (C=O) groups excluding carboxylic acids is 1. The van der Waals surface area contributed by atoms with Crippen LogP contribution >= 0.6 is 23.2 Å². The number of halogens is 2. The van der Waals surface area contributed by atoms with Gasteiger partial charge in [-0.05, 0) is 31.2 Å². The van der Waals surface area contributed by atoms with E-state index in [0.717, 1.165) is 56.1 Å². The van der Waals surface area contributed by atoms with Crippen LogP contribution in [0, 0.1) is 0 Å². The second-order valence-corrected chi connectivity index (χ2v) is 9.99. The molecule has 0 spiro atoms. The maximum absolute atomic E-state index is 11.5. The zero-order valence-electron chi connectivity index (χ0n) is 19.2. The highest BCUT2D eigenvalue weighted by atomic mass is 35.5. The maximum Gasteiger partial charge on any atom is 0.216 e. The number of pyridine rings is 1. The van der Waals surface area contributed by atoms with Crippen molar-refractivity contribution in [2.24, 2.45) is 0 Å². The van der Waals surface area contributed by atoms with Crippen LogP contribution in [0.25, 0.3) is 0 Å². The number of rotatable bonds is 7. The van der Waals surface area contributed by atoms with E-state index < -0.39 is 0 Å². The van der Waals surface area contributed by atoms with Gasteiger partial charge in [0, 0.05) is 51.4 Å². The molecule has 2 aliphatic rings. The smallest absolute Gasteiger partial charge is 0.216 e. The van der Waals surface area contributed by atoms with Gasteiger partial charge in [-0.2, -0.15) is 0 Å². The van der Waals surface area contributed by atoms with Crippen LogP contribution in [0.15, 0.2) is 42.7 Å². The summed E-state index contributed by atoms with van der Waals surface area (Å²) in [5.74, 6) is 2.27. The van der Waals surface area contributed by atoms with Crippen molar-refractivity contribution in [3.63, 3.8) is 0 Å². The van der Waals surface area contributed by atoms with Crippen molar-refractivity contribution in [3.05, 3.63) is 70.0 Å². The van der Waals surface area contributed by atoms with Gasteiger partial charge in [0.2, 0.25) is 5.91 Å². The number of piperidine rings is 1. The van der Waals surface area contributed by atoms with Gasteiger partial charge in [-0.25, -0.2) is 0 Å². The molecule has 2 fully saturated rings. The lowest BCUT2D eigenvalue weighted by Crippen LogP contribution is -2.35. The van der Waals surface area contributed by atoms with E-state index in [-0.39, 0.29) is 17.2 Å². The molecule has 3 aromatic rings. The van der Waals surface area contributed by atoms with Crippen LogP contribution in [0.4, 0.5) is 5.69 Å².